The zero-order valence-corrected chi connectivity index (χ0v) is 27.8. The fourth-order valence-electron chi connectivity index (χ4n) is 6.84. The Hall–Kier alpha value is -6.91. The first-order chi connectivity index (χ1) is 25.3. The highest BCUT2D eigenvalue weighted by Gasteiger charge is 2.24. The van der Waals surface area contributed by atoms with Gasteiger partial charge in [-0.2, -0.15) is 0 Å². The molecule has 4 nitrogen and oxygen atoms in total. The molecule has 0 saturated carbocycles. The van der Waals surface area contributed by atoms with E-state index >= 15 is 0 Å². The molecule has 0 radical (unpaired) electrons. The number of hydrogen-bond donors (Lipinski definition) is 0. The molecule has 0 fully saturated rings. The normalized spacial score (nSPS) is 11.1. The fourth-order valence-corrected chi connectivity index (χ4v) is 6.84. The highest BCUT2D eigenvalue weighted by molar-refractivity contribution is 6.12. The molecule has 9 aromatic rings. The van der Waals surface area contributed by atoms with Gasteiger partial charge in [0.25, 0.3) is 0 Å². The lowest BCUT2D eigenvalue weighted by molar-refractivity contribution is 0.620. The van der Waals surface area contributed by atoms with Crippen molar-refractivity contribution in [3.8, 4) is 22.6 Å². The summed E-state index contributed by atoms with van der Waals surface area (Å²) < 4.78 is 6.62. The minimum absolute atomic E-state index is 0.588. The average Bonchev–Trinajstić information content (AvgIpc) is 3.64. The van der Waals surface area contributed by atoms with Gasteiger partial charge in [-0.15, -0.1) is 0 Å². The zero-order chi connectivity index (χ0) is 34.0. The van der Waals surface area contributed by atoms with E-state index in [2.05, 4.69) is 174 Å². The maximum Gasteiger partial charge on any atom is 0.227 e. The Bertz CT molecular complexity index is 2510. The maximum absolute atomic E-state index is 6.62. The van der Waals surface area contributed by atoms with Crippen LogP contribution in [-0.4, -0.2) is 4.98 Å². The summed E-state index contributed by atoms with van der Waals surface area (Å²) in [7, 11) is 0. The van der Waals surface area contributed by atoms with Crippen LogP contribution in [0.3, 0.4) is 0 Å². The molecule has 1 heterocycles. The summed E-state index contributed by atoms with van der Waals surface area (Å²) in [5, 5.41) is 2.11. The number of nitrogens with zero attached hydrogens (tertiary/aromatic N) is 3. The number of fused-ring (bicyclic) bond motifs is 2. The Labute approximate surface area is 297 Å². The van der Waals surface area contributed by atoms with Gasteiger partial charge < -0.3 is 14.2 Å². The minimum Gasteiger partial charge on any atom is -0.436 e. The summed E-state index contributed by atoms with van der Waals surface area (Å²) in [5.41, 5.74) is 11.0. The van der Waals surface area contributed by atoms with E-state index in [4.69, 9.17) is 9.40 Å². The molecular formula is C47H33N3O. The number of rotatable bonds is 8. The van der Waals surface area contributed by atoms with Gasteiger partial charge in [-0.3, -0.25) is 0 Å². The maximum atomic E-state index is 6.62. The van der Waals surface area contributed by atoms with Crippen LogP contribution >= 0.6 is 0 Å². The topological polar surface area (TPSA) is 32.5 Å². The molecule has 0 atom stereocenters. The Morgan fingerprint density at radius 1 is 0.373 bits per heavy atom. The van der Waals surface area contributed by atoms with Crippen molar-refractivity contribution >= 4 is 56.0 Å². The van der Waals surface area contributed by atoms with Crippen LogP contribution in [0.15, 0.2) is 205 Å². The van der Waals surface area contributed by atoms with E-state index in [0.29, 0.717) is 5.89 Å². The largest absolute Gasteiger partial charge is 0.436 e. The molecule has 0 bridgehead atoms. The number of aromatic nitrogens is 1. The van der Waals surface area contributed by atoms with Gasteiger partial charge in [-0.25, -0.2) is 4.98 Å². The van der Waals surface area contributed by atoms with E-state index in [-0.39, 0.29) is 0 Å². The second-order valence-corrected chi connectivity index (χ2v) is 12.5. The van der Waals surface area contributed by atoms with Gasteiger partial charge in [-0.05, 0) is 95.4 Å². The Morgan fingerprint density at radius 2 is 0.824 bits per heavy atom. The van der Waals surface area contributed by atoms with Crippen molar-refractivity contribution in [2.75, 3.05) is 9.80 Å². The predicted octanol–water partition coefficient (Wildman–Crippen LogP) is 13.3. The summed E-state index contributed by atoms with van der Waals surface area (Å²) in [6.45, 7) is 0. The van der Waals surface area contributed by atoms with Crippen LogP contribution in [0.25, 0.3) is 44.5 Å². The van der Waals surface area contributed by atoms with Gasteiger partial charge in [0.1, 0.15) is 5.52 Å². The summed E-state index contributed by atoms with van der Waals surface area (Å²) >= 11 is 0. The standard InChI is InChI=1S/C47H33N3O/c1-6-16-34(17-7-1)35-26-28-41(29-27-35)50(40-24-14-5-15-25-40)46-43-31-30-42(49(38-20-10-3-11-21-38)39-22-12-4-13-23-39)32-37(43)33-44-45(46)48-47(51-44)36-18-8-2-9-19-36/h1-33H. The molecular weight excluding hydrogens is 623 g/mol. The Kier molecular flexibility index (Phi) is 7.80. The zero-order valence-electron chi connectivity index (χ0n) is 27.8. The first-order valence-corrected chi connectivity index (χ1v) is 17.1. The van der Waals surface area contributed by atoms with Crippen LogP contribution in [0.5, 0.6) is 0 Å². The molecule has 0 saturated heterocycles. The van der Waals surface area contributed by atoms with Crippen LogP contribution in [0.1, 0.15) is 0 Å². The highest BCUT2D eigenvalue weighted by Crippen LogP contribution is 2.46. The number of anilines is 6. The van der Waals surface area contributed by atoms with E-state index in [0.717, 1.165) is 67.1 Å². The molecule has 242 valence electrons. The molecule has 0 N–H and O–H groups in total. The van der Waals surface area contributed by atoms with Gasteiger partial charge >= 0.3 is 0 Å². The van der Waals surface area contributed by atoms with Crippen LogP contribution in [-0.2, 0) is 0 Å². The lowest BCUT2D eigenvalue weighted by Gasteiger charge is -2.28. The Morgan fingerprint density at radius 3 is 1.39 bits per heavy atom. The van der Waals surface area contributed by atoms with Crippen molar-refractivity contribution in [2.45, 2.75) is 0 Å². The van der Waals surface area contributed by atoms with Crippen LogP contribution in [0.2, 0.25) is 0 Å². The summed E-state index contributed by atoms with van der Waals surface area (Å²) in [5.74, 6) is 0.588. The molecule has 0 unspecified atom stereocenters. The van der Waals surface area contributed by atoms with Crippen LogP contribution < -0.4 is 9.80 Å². The number of para-hydroxylation sites is 3. The van der Waals surface area contributed by atoms with Crippen LogP contribution in [0.4, 0.5) is 34.1 Å². The first-order valence-electron chi connectivity index (χ1n) is 17.1. The number of oxazole rings is 1. The summed E-state index contributed by atoms with van der Waals surface area (Å²) in [6, 6.07) is 69.7. The predicted molar refractivity (Wildman–Crippen MR) is 212 cm³/mol. The van der Waals surface area contributed by atoms with Crippen LogP contribution in [0, 0.1) is 0 Å². The van der Waals surface area contributed by atoms with E-state index in [1.54, 1.807) is 0 Å². The van der Waals surface area contributed by atoms with Crippen molar-refractivity contribution in [1.82, 2.24) is 4.98 Å². The minimum atomic E-state index is 0.588. The highest BCUT2D eigenvalue weighted by atomic mass is 16.3. The number of benzene rings is 8. The second kappa shape index (κ2) is 13.2. The molecule has 4 heteroatoms. The van der Waals surface area contributed by atoms with Crippen molar-refractivity contribution in [1.29, 1.82) is 0 Å². The van der Waals surface area contributed by atoms with E-state index in [1.165, 1.54) is 5.56 Å². The first kappa shape index (κ1) is 30.2. The Balaban J connectivity index is 1.29. The second-order valence-electron chi connectivity index (χ2n) is 12.5. The van der Waals surface area contributed by atoms with Gasteiger partial charge in [-0.1, -0.05) is 121 Å². The van der Waals surface area contributed by atoms with Gasteiger partial charge in [0.2, 0.25) is 5.89 Å². The third kappa shape index (κ3) is 5.79. The fraction of sp³-hybridized carbons (Fsp3) is 0. The SMILES string of the molecule is c1ccc(-c2ccc(N(c3ccccc3)c3c4ccc(N(c5ccccc5)c5ccccc5)cc4cc4oc(-c5ccccc5)nc34)cc2)cc1. The smallest absolute Gasteiger partial charge is 0.227 e. The molecule has 0 amide bonds. The molecule has 9 rings (SSSR count). The third-order valence-corrected chi connectivity index (χ3v) is 9.23. The summed E-state index contributed by atoms with van der Waals surface area (Å²) in [6.07, 6.45) is 0. The molecule has 51 heavy (non-hydrogen) atoms. The molecule has 0 aliphatic heterocycles. The molecule has 1 aromatic heterocycles. The van der Waals surface area contributed by atoms with Gasteiger partial charge in [0.15, 0.2) is 5.58 Å². The van der Waals surface area contributed by atoms with Crippen molar-refractivity contribution in [3.05, 3.63) is 200 Å². The third-order valence-electron chi connectivity index (χ3n) is 9.23. The van der Waals surface area contributed by atoms with Gasteiger partial charge in [0.05, 0.1) is 5.69 Å². The van der Waals surface area contributed by atoms with E-state index in [9.17, 15) is 0 Å². The van der Waals surface area contributed by atoms with E-state index in [1.807, 2.05) is 36.4 Å². The number of hydrogen-bond acceptors (Lipinski definition) is 4. The molecule has 0 aliphatic carbocycles. The monoisotopic (exact) mass is 655 g/mol. The molecule has 0 spiro atoms. The average molecular weight is 656 g/mol. The van der Waals surface area contributed by atoms with Gasteiger partial charge in [0, 0.05) is 39.4 Å². The lowest BCUT2D eigenvalue weighted by Crippen LogP contribution is -2.12. The van der Waals surface area contributed by atoms with E-state index < -0.39 is 0 Å². The molecule has 8 aromatic carbocycles. The van der Waals surface area contributed by atoms with Crippen molar-refractivity contribution < 1.29 is 4.42 Å². The summed E-state index contributed by atoms with van der Waals surface area (Å²) in [4.78, 5) is 9.80. The lowest BCUT2D eigenvalue weighted by atomic mass is 10.0. The quantitative estimate of drug-likeness (QED) is 0.163. The van der Waals surface area contributed by atoms with Crippen molar-refractivity contribution in [3.63, 3.8) is 0 Å². The molecule has 0 aliphatic rings. The van der Waals surface area contributed by atoms with Crippen molar-refractivity contribution in [2.24, 2.45) is 0 Å².